The van der Waals surface area contributed by atoms with E-state index in [9.17, 15) is 4.79 Å². The smallest absolute Gasteiger partial charge is 0.179 e. The molecule has 0 aliphatic carbocycles. The monoisotopic (exact) mass is 295 g/mol. The minimum absolute atomic E-state index is 0.103. The lowest BCUT2D eigenvalue weighted by Crippen LogP contribution is -2.36. The van der Waals surface area contributed by atoms with E-state index in [-0.39, 0.29) is 11.8 Å². The Morgan fingerprint density at radius 3 is 2.23 bits per heavy atom. The highest BCUT2D eigenvalue weighted by atomic mass is 16.1. The predicted molar refractivity (Wildman–Crippen MR) is 92.0 cm³/mol. The quantitative estimate of drug-likeness (QED) is 0.541. The molecule has 1 N–H and O–H groups in total. The van der Waals surface area contributed by atoms with Crippen LogP contribution in [0.2, 0.25) is 0 Å². The van der Waals surface area contributed by atoms with Crippen LogP contribution in [0.5, 0.6) is 0 Å². The summed E-state index contributed by atoms with van der Waals surface area (Å²) in [5, 5.41) is 3.44. The lowest BCUT2D eigenvalue weighted by atomic mass is 9.98. The van der Waals surface area contributed by atoms with E-state index >= 15 is 0 Å². The van der Waals surface area contributed by atoms with Gasteiger partial charge in [0.1, 0.15) is 0 Å². The molecule has 116 valence electrons. The number of benzene rings is 2. The molecule has 2 nitrogen and oxygen atoms in total. The summed E-state index contributed by atoms with van der Waals surface area (Å²) >= 11 is 0. The topological polar surface area (TPSA) is 29.1 Å². The molecule has 0 aliphatic rings. The van der Waals surface area contributed by atoms with Gasteiger partial charge < -0.3 is 5.32 Å². The lowest BCUT2D eigenvalue weighted by molar-refractivity contribution is 0.0935. The third-order valence-electron chi connectivity index (χ3n) is 3.87. The second-order valence-corrected chi connectivity index (χ2v) is 5.65. The molecule has 0 bridgehead atoms. The summed E-state index contributed by atoms with van der Waals surface area (Å²) in [6, 6.07) is 19.7. The molecule has 1 unspecified atom stereocenters. The third-order valence-corrected chi connectivity index (χ3v) is 3.87. The van der Waals surface area contributed by atoms with Gasteiger partial charge in [-0.1, -0.05) is 86.8 Å². The van der Waals surface area contributed by atoms with Gasteiger partial charge in [0.2, 0.25) is 0 Å². The van der Waals surface area contributed by atoms with Gasteiger partial charge in [-0.15, -0.1) is 0 Å². The molecule has 0 heterocycles. The highest BCUT2D eigenvalue weighted by molar-refractivity contribution is 6.00. The van der Waals surface area contributed by atoms with Crippen molar-refractivity contribution in [3.8, 4) is 0 Å². The first-order valence-electron chi connectivity index (χ1n) is 8.18. The maximum atomic E-state index is 12.7. The SMILES string of the molecule is CCCCCC(NCc1ccccc1)C(=O)c1ccccc1. The molecule has 0 aromatic heterocycles. The molecule has 1 atom stereocenters. The van der Waals surface area contributed by atoms with Gasteiger partial charge in [0, 0.05) is 12.1 Å². The van der Waals surface area contributed by atoms with Crippen LogP contribution >= 0.6 is 0 Å². The number of Topliss-reactive ketones (excluding diaryl/α,β-unsaturated/α-hetero) is 1. The highest BCUT2D eigenvalue weighted by Gasteiger charge is 2.18. The Morgan fingerprint density at radius 1 is 0.955 bits per heavy atom. The summed E-state index contributed by atoms with van der Waals surface area (Å²) < 4.78 is 0. The predicted octanol–water partition coefficient (Wildman–Crippen LogP) is 4.61. The van der Waals surface area contributed by atoms with Gasteiger partial charge in [-0.3, -0.25) is 4.79 Å². The van der Waals surface area contributed by atoms with E-state index in [0.717, 1.165) is 24.9 Å². The number of carbonyl (C=O) groups is 1. The van der Waals surface area contributed by atoms with Crippen molar-refractivity contribution in [1.29, 1.82) is 0 Å². The van der Waals surface area contributed by atoms with E-state index in [1.807, 2.05) is 48.5 Å². The van der Waals surface area contributed by atoms with Crippen LogP contribution in [0.3, 0.4) is 0 Å². The van der Waals surface area contributed by atoms with Crippen LogP contribution in [-0.2, 0) is 6.54 Å². The summed E-state index contributed by atoms with van der Waals surface area (Å²) in [6.45, 7) is 2.92. The second-order valence-electron chi connectivity index (χ2n) is 5.65. The zero-order valence-corrected chi connectivity index (χ0v) is 13.3. The molecular weight excluding hydrogens is 270 g/mol. The molecule has 0 radical (unpaired) electrons. The Hall–Kier alpha value is -1.93. The van der Waals surface area contributed by atoms with Crippen molar-refractivity contribution in [2.24, 2.45) is 0 Å². The number of carbonyl (C=O) groups excluding carboxylic acids is 1. The molecule has 0 fully saturated rings. The van der Waals surface area contributed by atoms with Gasteiger partial charge in [-0.05, 0) is 12.0 Å². The third kappa shape index (κ3) is 5.12. The average molecular weight is 295 g/mol. The summed E-state index contributed by atoms with van der Waals surface area (Å²) in [4.78, 5) is 12.7. The van der Waals surface area contributed by atoms with E-state index in [1.54, 1.807) is 0 Å². The number of ketones is 1. The molecule has 2 heteroatoms. The van der Waals surface area contributed by atoms with Gasteiger partial charge in [-0.25, -0.2) is 0 Å². The minimum atomic E-state index is -0.103. The second kappa shape index (κ2) is 9.16. The van der Waals surface area contributed by atoms with Crippen molar-refractivity contribution < 1.29 is 4.79 Å². The van der Waals surface area contributed by atoms with E-state index in [2.05, 4.69) is 24.4 Å². The van der Waals surface area contributed by atoms with Gasteiger partial charge in [0.15, 0.2) is 5.78 Å². The maximum Gasteiger partial charge on any atom is 0.179 e. The van der Waals surface area contributed by atoms with E-state index < -0.39 is 0 Å². The van der Waals surface area contributed by atoms with E-state index in [0.29, 0.717) is 0 Å². The summed E-state index contributed by atoms with van der Waals surface area (Å²) in [5.74, 6) is 0.202. The zero-order chi connectivity index (χ0) is 15.6. The van der Waals surface area contributed by atoms with Crippen LogP contribution in [0.4, 0.5) is 0 Å². The highest BCUT2D eigenvalue weighted by Crippen LogP contribution is 2.11. The number of unbranched alkanes of at least 4 members (excludes halogenated alkanes) is 2. The van der Waals surface area contributed by atoms with Crippen molar-refractivity contribution in [2.75, 3.05) is 0 Å². The molecule has 2 rings (SSSR count). The molecule has 2 aromatic rings. The van der Waals surface area contributed by atoms with Gasteiger partial charge >= 0.3 is 0 Å². The number of rotatable bonds is 9. The van der Waals surface area contributed by atoms with Crippen LogP contribution in [0.1, 0.15) is 48.5 Å². The molecular formula is C20H25NO. The van der Waals surface area contributed by atoms with Gasteiger partial charge in [-0.2, -0.15) is 0 Å². The molecule has 2 aromatic carbocycles. The van der Waals surface area contributed by atoms with Crippen molar-refractivity contribution in [3.63, 3.8) is 0 Å². The van der Waals surface area contributed by atoms with Gasteiger partial charge in [0.25, 0.3) is 0 Å². The largest absolute Gasteiger partial charge is 0.303 e. The van der Waals surface area contributed by atoms with Crippen molar-refractivity contribution in [1.82, 2.24) is 5.32 Å². The fourth-order valence-electron chi connectivity index (χ4n) is 2.56. The summed E-state index contributed by atoms with van der Waals surface area (Å²) in [7, 11) is 0. The Kier molecular flexibility index (Phi) is 6.85. The Bertz CT molecular complexity index is 550. The Balaban J connectivity index is 2.00. The summed E-state index contributed by atoms with van der Waals surface area (Å²) in [5.41, 5.74) is 2.01. The van der Waals surface area contributed by atoms with Crippen molar-refractivity contribution in [2.45, 2.75) is 45.2 Å². The van der Waals surface area contributed by atoms with Gasteiger partial charge in [0.05, 0.1) is 6.04 Å². The first-order valence-corrected chi connectivity index (χ1v) is 8.18. The zero-order valence-electron chi connectivity index (χ0n) is 13.3. The molecule has 0 spiro atoms. The first-order chi connectivity index (χ1) is 10.8. The van der Waals surface area contributed by atoms with E-state index in [4.69, 9.17) is 0 Å². The fraction of sp³-hybridized carbons (Fsp3) is 0.350. The van der Waals surface area contributed by atoms with E-state index in [1.165, 1.54) is 18.4 Å². The number of hydrogen-bond acceptors (Lipinski definition) is 2. The van der Waals surface area contributed by atoms with Crippen LogP contribution in [0.15, 0.2) is 60.7 Å². The normalized spacial score (nSPS) is 12.0. The lowest BCUT2D eigenvalue weighted by Gasteiger charge is -2.18. The molecule has 0 amide bonds. The van der Waals surface area contributed by atoms with Crippen LogP contribution in [-0.4, -0.2) is 11.8 Å². The minimum Gasteiger partial charge on any atom is -0.303 e. The Morgan fingerprint density at radius 2 is 1.59 bits per heavy atom. The van der Waals surface area contributed by atoms with Crippen LogP contribution in [0, 0.1) is 0 Å². The average Bonchev–Trinajstić information content (AvgIpc) is 2.59. The summed E-state index contributed by atoms with van der Waals surface area (Å²) in [6.07, 6.45) is 4.33. The van der Waals surface area contributed by atoms with Crippen molar-refractivity contribution >= 4 is 5.78 Å². The number of nitrogens with one attached hydrogen (secondary N) is 1. The molecule has 0 saturated heterocycles. The maximum absolute atomic E-state index is 12.7. The van der Waals surface area contributed by atoms with Crippen LogP contribution in [0.25, 0.3) is 0 Å². The first kappa shape index (κ1) is 16.4. The van der Waals surface area contributed by atoms with Crippen molar-refractivity contribution in [3.05, 3.63) is 71.8 Å². The standard InChI is InChI=1S/C20H25NO/c1-2-3-6-15-19(20(22)18-13-9-5-10-14-18)21-16-17-11-7-4-8-12-17/h4-5,7-14,19,21H,2-3,6,15-16H2,1H3. The van der Waals surface area contributed by atoms with Crippen LogP contribution < -0.4 is 5.32 Å². The Labute approximate surface area is 133 Å². The molecule has 0 aliphatic heterocycles. The fourth-order valence-corrected chi connectivity index (χ4v) is 2.56. The molecule has 22 heavy (non-hydrogen) atoms. The number of hydrogen-bond donors (Lipinski definition) is 1. The molecule has 0 saturated carbocycles.